The first-order valence-electron chi connectivity index (χ1n) is 6.75. The number of nitrogens with zero attached hydrogens (tertiary/aromatic N) is 1. The number of rotatable bonds is 7. The lowest BCUT2D eigenvalue weighted by Gasteiger charge is -2.03. The summed E-state index contributed by atoms with van der Waals surface area (Å²) in [5.41, 5.74) is 2.19. The zero-order chi connectivity index (χ0) is 15.1. The summed E-state index contributed by atoms with van der Waals surface area (Å²) in [5.74, 6) is 0.463. The van der Waals surface area contributed by atoms with Crippen LogP contribution in [0, 0.1) is 0 Å². The first kappa shape index (κ1) is 15.5. The van der Waals surface area contributed by atoms with Crippen molar-refractivity contribution in [3.63, 3.8) is 0 Å². The topological polar surface area (TPSA) is 95.1 Å². The number of hydroxylamine groups is 1. The Morgan fingerprint density at radius 2 is 2.10 bits per heavy atom. The smallest absolute Gasteiger partial charge is 0.259 e. The van der Waals surface area contributed by atoms with Gasteiger partial charge in [-0.3, -0.25) is 14.8 Å². The number of amides is 1. The monoisotopic (exact) mass is 307 g/mol. The van der Waals surface area contributed by atoms with E-state index in [4.69, 9.17) is 5.21 Å². The number of carbonyl (C=O) groups excluding carboxylic acids is 1. The SMILES string of the molecule is O=C(CCCCCSc1nc2ccccc2c(=O)[nH]1)NO. The number of aromatic nitrogens is 2. The Labute approximate surface area is 125 Å². The fourth-order valence-corrected chi connectivity index (χ4v) is 2.79. The number of nitrogens with one attached hydrogen (secondary N) is 2. The molecule has 0 radical (unpaired) electrons. The third-order valence-corrected chi connectivity index (χ3v) is 3.96. The molecule has 7 heteroatoms. The highest BCUT2D eigenvalue weighted by atomic mass is 32.2. The van der Waals surface area contributed by atoms with Crippen LogP contribution in [0.1, 0.15) is 25.7 Å². The molecule has 0 spiro atoms. The molecule has 0 aliphatic carbocycles. The molecule has 112 valence electrons. The van der Waals surface area contributed by atoms with E-state index in [-0.39, 0.29) is 11.5 Å². The maximum absolute atomic E-state index is 11.9. The molecular formula is C14H17N3O3S. The Morgan fingerprint density at radius 3 is 2.90 bits per heavy atom. The molecule has 0 aliphatic rings. The van der Waals surface area contributed by atoms with Crippen molar-refractivity contribution in [3.05, 3.63) is 34.6 Å². The van der Waals surface area contributed by atoms with Crippen LogP contribution in [0.2, 0.25) is 0 Å². The Balaban J connectivity index is 1.81. The molecule has 3 N–H and O–H groups in total. The molecule has 2 rings (SSSR count). The maximum atomic E-state index is 11.9. The number of aromatic amines is 1. The van der Waals surface area contributed by atoms with E-state index in [0.717, 1.165) is 25.0 Å². The maximum Gasteiger partial charge on any atom is 0.259 e. The first-order chi connectivity index (χ1) is 10.2. The minimum atomic E-state index is -0.358. The number of hydrogen-bond acceptors (Lipinski definition) is 5. The van der Waals surface area contributed by atoms with Crippen LogP contribution in [0.5, 0.6) is 0 Å². The Bertz CT molecular complexity index is 672. The van der Waals surface area contributed by atoms with Crippen molar-refractivity contribution < 1.29 is 10.0 Å². The van der Waals surface area contributed by atoms with E-state index in [2.05, 4.69) is 9.97 Å². The molecule has 0 aliphatic heterocycles. The molecule has 0 saturated heterocycles. The lowest BCUT2D eigenvalue weighted by atomic mass is 10.2. The van der Waals surface area contributed by atoms with Gasteiger partial charge in [0, 0.05) is 12.2 Å². The van der Waals surface area contributed by atoms with Crippen molar-refractivity contribution in [2.75, 3.05) is 5.75 Å². The largest absolute Gasteiger partial charge is 0.301 e. The first-order valence-corrected chi connectivity index (χ1v) is 7.74. The van der Waals surface area contributed by atoms with Crippen molar-refractivity contribution in [3.8, 4) is 0 Å². The van der Waals surface area contributed by atoms with Gasteiger partial charge in [0.15, 0.2) is 5.16 Å². The minimum Gasteiger partial charge on any atom is -0.301 e. The van der Waals surface area contributed by atoms with E-state index in [0.29, 0.717) is 22.5 Å². The van der Waals surface area contributed by atoms with Crippen molar-refractivity contribution in [1.29, 1.82) is 0 Å². The molecular weight excluding hydrogens is 290 g/mol. The summed E-state index contributed by atoms with van der Waals surface area (Å²) in [6, 6.07) is 7.24. The third kappa shape index (κ3) is 4.57. The van der Waals surface area contributed by atoms with Crippen LogP contribution >= 0.6 is 11.8 Å². The second kappa shape index (κ2) is 7.80. The number of benzene rings is 1. The highest BCUT2D eigenvalue weighted by Gasteiger charge is 2.04. The molecule has 6 nitrogen and oxygen atoms in total. The molecule has 0 unspecified atom stereocenters. The average Bonchev–Trinajstić information content (AvgIpc) is 2.50. The summed E-state index contributed by atoms with van der Waals surface area (Å²) >= 11 is 1.50. The second-order valence-corrected chi connectivity index (χ2v) is 5.67. The van der Waals surface area contributed by atoms with E-state index >= 15 is 0 Å². The molecule has 0 atom stereocenters. The van der Waals surface area contributed by atoms with Gasteiger partial charge in [0.1, 0.15) is 0 Å². The fourth-order valence-electron chi connectivity index (χ4n) is 1.92. The van der Waals surface area contributed by atoms with Gasteiger partial charge < -0.3 is 4.98 Å². The summed E-state index contributed by atoms with van der Waals surface area (Å²) < 4.78 is 0. The number of unbranched alkanes of at least 4 members (excludes halogenated alkanes) is 2. The van der Waals surface area contributed by atoms with Gasteiger partial charge in [-0.25, -0.2) is 10.5 Å². The quantitative estimate of drug-likeness (QED) is 0.239. The normalized spacial score (nSPS) is 10.7. The zero-order valence-electron chi connectivity index (χ0n) is 11.5. The van der Waals surface area contributed by atoms with E-state index in [1.165, 1.54) is 11.8 Å². The fraction of sp³-hybridized carbons (Fsp3) is 0.357. The highest BCUT2D eigenvalue weighted by Crippen LogP contribution is 2.16. The third-order valence-electron chi connectivity index (χ3n) is 3.00. The Hall–Kier alpha value is -1.86. The summed E-state index contributed by atoms with van der Waals surface area (Å²) in [7, 11) is 0. The number of carbonyl (C=O) groups is 1. The minimum absolute atomic E-state index is 0.122. The van der Waals surface area contributed by atoms with Gasteiger partial charge in [0.05, 0.1) is 10.9 Å². The number of H-pyrrole nitrogens is 1. The molecule has 0 bridgehead atoms. The summed E-state index contributed by atoms with van der Waals surface area (Å²) in [6.07, 6.45) is 2.86. The van der Waals surface area contributed by atoms with Gasteiger partial charge in [-0.2, -0.15) is 0 Å². The highest BCUT2D eigenvalue weighted by molar-refractivity contribution is 7.99. The predicted molar refractivity (Wildman–Crippen MR) is 81.5 cm³/mol. The Kier molecular flexibility index (Phi) is 5.77. The zero-order valence-corrected chi connectivity index (χ0v) is 12.3. The lowest BCUT2D eigenvalue weighted by molar-refractivity contribution is -0.129. The number of fused-ring (bicyclic) bond motifs is 1. The van der Waals surface area contributed by atoms with Crippen LogP contribution in [-0.4, -0.2) is 26.8 Å². The van der Waals surface area contributed by atoms with Gasteiger partial charge >= 0.3 is 0 Å². The van der Waals surface area contributed by atoms with Crippen LogP contribution < -0.4 is 11.0 Å². The lowest BCUT2D eigenvalue weighted by Crippen LogP contribution is -2.17. The van der Waals surface area contributed by atoms with Crippen molar-refractivity contribution in [2.24, 2.45) is 0 Å². The van der Waals surface area contributed by atoms with Crippen LogP contribution in [0.15, 0.2) is 34.2 Å². The number of thioether (sulfide) groups is 1. The van der Waals surface area contributed by atoms with Gasteiger partial charge in [-0.15, -0.1) is 0 Å². The van der Waals surface area contributed by atoms with Crippen LogP contribution in [0.4, 0.5) is 0 Å². The number of para-hydroxylation sites is 1. The van der Waals surface area contributed by atoms with Crippen molar-refractivity contribution in [2.45, 2.75) is 30.8 Å². The van der Waals surface area contributed by atoms with Crippen molar-refractivity contribution >= 4 is 28.6 Å². The van der Waals surface area contributed by atoms with E-state index in [1.807, 2.05) is 18.2 Å². The summed E-state index contributed by atoms with van der Waals surface area (Å²) in [6.45, 7) is 0. The summed E-state index contributed by atoms with van der Waals surface area (Å²) in [4.78, 5) is 29.9. The average molecular weight is 307 g/mol. The molecule has 21 heavy (non-hydrogen) atoms. The number of hydrogen-bond donors (Lipinski definition) is 3. The second-order valence-electron chi connectivity index (χ2n) is 4.58. The summed E-state index contributed by atoms with van der Waals surface area (Å²) in [5, 5.41) is 9.56. The van der Waals surface area contributed by atoms with Gasteiger partial charge in [0.25, 0.3) is 5.56 Å². The predicted octanol–water partition coefficient (Wildman–Crippen LogP) is 2.08. The van der Waals surface area contributed by atoms with E-state index < -0.39 is 0 Å². The molecule has 0 saturated carbocycles. The molecule has 1 aromatic heterocycles. The van der Waals surface area contributed by atoms with E-state index in [9.17, 15) is 9.59 Å². The van der Waals surface area contributed by atoms with E-state index in [1.54, 1.807) is 11.5 Å². The van der Waals surface area contributed by atoms with Crippen LogP contribution in [0.3, 0.4) is 0 Å². The van der Waals surface area contributed by atoms with Crippen LogP contribution in [0.25, 0.3) is 10.9 Å². The van der Waals surface area contributed by atoms with Gasteiger partial charge in [0.2, 0.25) is 5.91 Å². The molecule has 2 aromatic rings. The Morgan fingerprint density at radius 1 is 1.29 bits per heavy atom. The van der Waals surface area contributed by atoms with Crippen molar-refractivity contribution in [1.82, 2.24) is 15.4 Å². The molecule has 0 fully saturated rings. The molecule has 1 aromatic carbocycles. The molecule has 1 amide bonds. The van der Waals surface area contributed by atoms with Gasteiger partial charge in [-0.1, -0.05) is 30.3 Å². The molecule has 1 heterocycles. The van der Waals surface area contributed by atoms with Gasteiger partial charge in [-0.05, 0) is 25.0 Å². The standard InChI is InChI=1S/C14H17N3O3S/c18-12(17-20)8-2-1-5-9-21-14-15-11-7-4-3-6-10(11)13(19)16-14/h3-4,6-7,20H,1-2,5,8-9H2,(H,17,18)(H,15,16,19). The van der Waals surface area contributed by atoms with Crippen LogP contribution in [-0.2, 0) is 4.79 Å².